The molecule has 27 heavy (non-hydrogen) atoms. The zero-order valence-electron chi connectivity index (χ0n) is 17.1. The van der Waals surface area contributed by atoms with Crippen LogP contribution in [0.4, 0.5) is 4.79 Å². The Hall–Kier alpha value is -2.00. The molecule has 0 spiro atoms. The van der Waals surface area contributed by atoms with E-state index in [1.54, 1.807) is 32.9 Å². The fraction of sp³-hybridized carbons (Fsp3) is 0.667. The molecule has 0 aromatic carbocycles. The second-order valence-electron chi connectivity index (χ2n) is 8.43. The van der Waals surface area contributed by atoms with Crippen LogP contribution in [0, 0.1) is 0 Å². The van der Waals surface area contributed by atoms with Gasteiger partial charge in [0.15, 0.2) is 0 Å². The summed E-state index contributed by atoms with van der Waals surface area (Å²) in [6.45, 7) is 13.3. The average molecular weight is 380 g/mol. The highest BCUT2D eigenvalue weighted by Gasteiger charge is 2.53. The number of nitrogens with one attached hydrogen (secondary N) is 1. The van der Waals surface area contributed by atoms with E-state index in [4.69, 9.17) is 18.9 Å². The molecule has 1 saturated heterocycles. The topological polar surface area (TPSA) is 88.0 Å². The Labute approximate surface area is 160 Å². The van der Waals surface area contributed by atoms with Crippen molar-refractivity contribution in [1.29, 1.82) is 0 Å². The molecule has 0 unspecified atom stereocenters. The van der Waals surface area contributed by atoms with E-state index in [1.807, 2.05) is 27.7 Å². The largest absolute Gasteiger partial charge is 0.516 e. The van der Waals surface area contributed by atoms with Gasteiger partial charge in [0.05, 0.1) is 23.3 Å². The summed E-state index contributed by atoms with van der Waals surface area (Å²) < 4.78 is 18.3. The Kier molecular flexibility index (Phi) is 5.96. The summed E-state index contributed by atoms with van der Waals surface area (Å²) in [5.41, 5.74) is -1.54. The molecule has 1 aromatic rings. The standard InChI is InChI=1S/C18H29BN2O6/c1-16(2,3)25-15(23)20-11-12-24-21-13(9-8-10-14(21)22)19-26-17(4,5)18(6,7)27-19/h8-10H,11-12H2,1-7H3,(H,20,23). The van der Waals surface area contributed by atoms with Gasteiger partial charge in [0, 0.05) is 6.07 Å². The Balaban J connectivity index is 2.03. The molecule has 0 saturated carbocycles. The maximum atomic E-state index is 12.2. The fourth-order valence-corrected chi connectivity index (χ4v) is 2.37. The third-order valence-electron chi connectivity index (χ3n) is 4.43. The van der Waals surface area contributed by atoms with E-state index in [2.05, 4.69) is 5.32 Å². The molecule has 8 nitrogen and oxygen atoms in total. The van der Waals surface area contributed by atoms with Crippen molar-refractivity contribution < 1.29 is 23.7 Å². The third-order valence-corrected chi connectivity index (χ3v) is 4.43. The van der Waals surface area contributed by atoms with Crippen molar-refractivity contribution >= 4 is 18.8 Å². The van der Waals surface area contributed by atoms with Gasteiger partial charge in [-0.05, 0) is 54.5 Å². The van der Waals surface area contributed by atoms with Crippen molar-refractivity contribution in [1.82, 2.24) is 10.0 Å². The van der Waals surface area contributed by atoms with Gasteiger partial charge in [-0.15, -0.1) is 0 Å². The summed E-state index contributed by atoms with van der Waals surface area (Å²) in [6.07, 6.45) is -0.544. The van der Waals surface area contributed by atoms with E-state index in [1.165, 1.54) is 6.07 Å². The number of hydrogen-bond donors (Lipinski definition) is 1. The summed E-state index contributed by atoms with van der Waals surface area (Å²) in [4.78, 5) is 29.5. The van der Waals surface area contributed by atoms with Crippen molar-refractivity contribution in [3.63, 3.8) is 0 Å². The number of alkyl carbamates (subject to hydrolysis) is 1. The molecule has 1 amide bonds. The fourth-order valence-electron chi connectivity index (χ4n) is 2.37. The quantitative estimate of drug-likeness (QED) is 0.608. The van der Waals surface area contributed by atoms with Crippen LogP contribution in [0.1, 0.15) is 48.5 Å². The minimum atomic E-state index is -0.734. The number of pyridine rings is 1. The third kappa shape index (κ3) is 5.26. The van der Waals surface area contributed by atoms with Crippen LogP contribution in [-0.4, -0.2) is 47.9 Å². The van der Waals surface area contributed by atoms with Gasteiger partial charge in [-0.2, -0.15) is 4.73 Å². The molecule has 0 radical (unpaired) electrons. The number of carbonyl (C=O) groups is 1. The molecule has 9 heteroatoms. The van der Waals surface area contributed by atoms with Crippen LogP contribution in [0.15, 0.2) is 23.0 Å². The molecule has 2 rings (SSSR count). The Morgan fingerprint density at radius 3 is 2.33 bits per heavy atom. The number of ether oxygens (including phenoxy) is 1. The van der Waals surface area contributed by atoms with E-state index >= 15 is 0 Å². The lowest BCUT2D eigenvalue weighted by atomic mass is 9.84. The number of carbonyl (C=O) groups excluding carboxylic acids is 1. The summed E-state index contributed by atoms with van der Waals surface area (Å²) in [5.74, 6) is 0. The molecule has 0 atom stereocenters. The smallest absolute Gasteiger partial charge is 0.444 e. The molecule has 1 aromatic heterocycles. The summed E-state index contributed by atoms with van der Waals surface area (Å²) in [6, 6.07) is 4.72. The molecular weight excluding hydrogens is 351 g/mol. The highest BCUT2D eigenvalue weighted by molar-refractivity contribution is 6.61. The van der Waals surface area contributed by atoms with Gasteiger partial charge in [-0.25, -0.2) is 4.79 Å². The van der Waals surface area contributed by atoms with E-state index in [9.17, 15) is 9.59 Å². The summed E-state index contributed by atoms with van der Waals surface area (Å²) >= 11 is 0. The minimum Gasteiger partial charge on any atom is -0.444 e. The van der Waals surface area contributed by atoms with Gasteiger partial charge >= 0.3 is 13.2 Å². The number of rotatable bonds is 5. The average Bonchev–Trinajstić information content (AvgIpc) is 2.71. The Morgan fingerprint density at radius 2 is 1.78 bits per heavy atom. The van der Waals surface area contributed by atoms with Crippen LogP contribution in [0.25, 0.3) is 0 Å². The number of amides is 1. The highest BCUT2D eigenvalue weighted by Crippen LogP contribution is 2.36. The molecule has 1 aliphatic heterocycles. The van der Waals surface area contributed by atoms with Crippen molar-refractivity contribution in [2.24, 2.45) is 0 Å². The van der Waals surface area contributed by atoms with Gasteiger partial charge < -0.3 is 24.2 Å². The normalized spacial score (nSPS) is 18.3. The summed E-state index contributed by atoms with van der Waals surface area (Å²) in [5, 5.41) is 2.58. The van der Waals surface area contributed by atoms with E-state index in [0.717, 1.165) is 4.73 Å². The van der Waals surface area contributed by atoms with Crippen molar-refractivity contribution in [3.8, 4) is 0 Å². The van der Waals surface area contributed by atoms with Crippen LogP contribution in [-0.2, 0) is 14.0 Å². The molecule has 0 aliphatic carbocycles. The summed E-state index contributed by atoms with van der Waals surface area (Å²) in [7, 11) is -0.734. The Morgan fingerprint density at radius 1 is 1.19 bits per heavy atom. The second-order valence-corrected chi connectivity index (χ2v) is 8.43. The van der Waals surface area contributed by atoms with Crippen molar-refractivity contribution in [3.05, 3.63) is 28.6 Å². The first-order valence-electron chi connectivity index (χ1n) is 9.00. The van der Waals surface area contributed by atoms with Gasteiger partial charge in [-0.1, -0.05) is 6.07 Å². The maximum Gasteiger partial charge on any atom is 0.516 e. The van der Waals surface area contributed by atoms with Crippen LogP contribution in [0.2, 0.25) is 0 Å². The minimum absolute atomic E-state index is 0.0790. The zero-order valence-corrected chi connectivity index (χ0v) is 17.1. The molecule has 1 aliphatic rings. The lowest BCUT2D eigenvalue weighted by molar-refractivity contribution is 0.00578. The van der Waals surface area contributed by atoms with Crippen molar-refractivity contribution in [2.75, 3.05) is 13.2 Å². The van der Waals surface area contributed by atoms with E-state index in [0.29, 0.717) is 5.59 Å². The second kappa shape index (κ2) is 7.56. The first-order chi connectivity index (χ1) is 12.3. The van der Waals surface area contributed by atoms with Gasteiger partial charge in [-0.3, -0.25) is 4.79 Å². The van der Waals surface area contributed by atoms with Crippen LogP contribution in [0.5, 0.6) is 0 Å². The van der Waals surface area contributed by atoms with Gasteiger partial charge in [0.1, 0.15) is 12.2 Å². The van der Waals surface area contributed by atoms with Crippen LogP contribution >= 0.6 is 0 Å². The predicted octanol–water partition coefficient (Wildman–Crippen LogP) is 1.10. The first-order valence-corrected chi connectivity index (χ1v) is 9.00. The SMILES string of the molecule is CC(C)(C)OC(=O)NCCOn1c(B2OC(C)(C)C(C)(C)O2)cccc1=O. The van der Waals surface area contributed by atoms with E-state index in [-0.39, 0.29) is 18.7 Å². The number of nitrogens with zero attached hydrogens (tertiary/aromatic N) is 1. The van der Waals surface area contributed by atoms with Crippen molar-refractivity contribution in [2.45, 2.75) is 65.3 Å². The van der Waals surface area contributed by atoms with Crippen LogP contribution < -0.4 is 21.3 Å². The molecular formula is C18H29BN2O6. The maximum absolute atomic E-state index is 12.2. The molecule has 1 N–H and O–H groups in total. The molecule has 2 heterocycles. The Bertz CT molecular complexity index is 722. The van der Waals surface area contributed by atoms with E-state index < -0.39 is 30.0 Å². The molecule has 1 fully saturated rings. The highest BCUT2D eigenvalue weighted by atomic mass is 16.7. The van der Waals surface area contributed by atoms with Gasteiger partial charge in [0.2, 0.25) is 0 Å². The molecule has 0 bridgehead atoms. The zero-order chi connectivity index (χ0) is 20.5. The number of aromatic nitrogens is 1. The molecule has 150 valence electrons. The lowest BCUT2D eigenvalue weighted by Gasteiger charge is -2.32. The lowest BCUT2D eigenvalue weighted by Crippen LogP contribution is -2.49. The number of hydrogen-bond acceptors (Lipinski definition) is 6. The van der Waals surface area contributed by atoms with Gasteiger partial charge in [0.25, 0.3) is 5.56 Å². The monoisotopic (exact) mass is 380 g/mol. The first kappa shape index (κ1) is 21.3. The van der Waals surface area contributed by atoms with Crippen LogP contribution in [0.3, 0.4) is 0 Å². The predicted molar refractivity (Wildman–Crippen MR) is 102 cm³/mol.